The lowest BCUT2D eigenvalue weighted by Gasteiger charge is -2.48. The minimum absolute atomic E-state index is 0.0469. The molecule has 0 aromatic carbocycles. The molecule has 0 aromatic rings. The molecule has 4 heteroatoms. The predicted molar refractivity (Wildman–Crippen MR) is 40.9 cm³/mol. The van der Waals surface area contributed by atoms with E-state index in [1.807, 2.05) is 0 Å². The van der Waals surface area contributed by atoms with Crippen LogP contribution in [-0.4, -0.2) is 18.6 Å². The van der Waals surface area contributed by atoms with Crippen LogP contribution in [0.3, 0.4) is 0 Å². The monoisotopic (exact) mass is 144 g/mol. The summed E-state index contributed by atoms with van der Waals surface area (Å²) in [6.07, 6.45) is 2.21. The maximum atomic E-state index is 5.55. The van der Waals surface area contributed by atoms with Crippen LogP contribution in [-0.2, 0) is 0 Å². The third-order valence-corrected chi connectivity index (χ3v) is 2.66. The van der Waals surface area contributed by atoms with Crippen LogP contribution in [0.2, 0.25) is 0 Å². The summed E-state index contributed by atoms with van der Waals surface area (Å²) >= 11 is 0. The molecule has 4 nitrogen and oxygen atoms in total. The molecule has 0 amide bonds. The van der Waals surface area contributed by atoms with Crippen molar-refractivity contribution in [2.24, 2.45) is 23.2 Å². The van der Waals surface area contributed by atoms with E-state index in [1.165, 1.54) is 0 Å². The summed E-state index contributed by atoms with van der Waals surface area (Å²) in [6.45, 7) is 1.27. The molecule has 1 fully saturated rings. The smallest absolute Gasteiger partial charge is 0.0483 e. The van der Waals surface area contributed by atoms with Crippen LogP contribution in [0.15, 0.2) is 0 Å². The fourth-order valence-electron chi connectivity index (χ4n) is 1.56. The highest BCUT2D eigenvalue weighted by molar-refractivity contribution is 5.02. The van der Waals surface area contributed by atoms with Gasteiger partial charge in [0.05, 0.1) is 0 Å². The average Bonchev–Trinajstić information content (AvgIpc) is 1.90. The van der Waals surface area contributed by atoms with E-state index in [-0.39, 0.29) is 5.54 Å². The molecule has 0 aromatic heterocycles. The van der Waals surface area contributed by atoms with Gasteiger partial charge in [-0.1, -0.05) is 0 Å². The molecule has 0 heterocycles. The van der Waals surface area contributed by atoms with E-state index in [2.05, 4.69) is 5.43 Å². The van der Waals surface area contributed by atoms with Crippen molar-refractivity contribution < 1.29 is 0 Å². The molecule has 10 heavy (non-hydrogen) atoms. The van der Waals surface area contributed by atoms with E-state index in [0.717, 1.165) is 12.8 Å². The summed E-state index contributed by atoms with van der Waals surface area (Å²) in [7, 11) is 0. The fourth-order valence-corrected chi connectivity index (χ4v) is 1.56. The van der Waals surface area contributed by atoms with Crippen molar-refractivity contribution in [2.45, 2.75) is 18.4 Å². The Labute approximate surface area is 61.1 Å². The van der Waals surface area contributed by atoms with E-state index in [1.54, 1.807) is 0 Å². The molecule has 0 radical (unpaired) electrons. The largest absolute Gasteiger partial charge is 0.330 e. The summed E-state index contributed by atoms with van der Waals surface area (Å²) < 4.78 is 0. The summed E-state index contributed by atoms with van der Waals surface area (Å²) in [5.41, 5.74) is 13.8. The van der Waals surface area contributed by atoms with Crippen molar-refractivity contribution in [2.75, 3.05) is 13.1 Å². The van der Waals surface area contributed by atoms with E-state index < -0.39 is 0 Å². The first-order chi connectivity index (χ1) is 4.79. The number of nitrogens with two attached hydrogens (primary N) is 3. The van der Waals surface area contributed by atoms with Gasteiger partial charge >= 0.3 is 0 Å². The number of nitrogens with one attached hydrogen (secondary N) is 1. The Balaban J connectivity index is 2.48. The van der Waals surface area contributed by atoms with E-state index in [0.29, 0.717) is 19.0 Å². The standard InChI is InChI=1S/C6H16N4/c7-3-5-1-2-6(5,4-8)10-9/h5,10H,1-4,7-9H2. The summed E-state index contributed by atoms with van der Waals surface area (Å²) in [5.74, 6) is 5.83. The molecule has 0 aliphatic heterocycles. The molecule has 0 bridgehead atoms. The lowest BCUT2D eigenvalue weighted by atomic mass is 9.67. The van der Waals surface area contributed by atoms with Gasteiger partial charge in [-0.2, -0.15) is 0 Å². The van der Waals surface area contributed by atoms with Crippen molar-refractivity contribution in [3.8, 4) is 0 Å². The fraction of sp³-hybridized carbons (Fsp3) is 1.00. The molecule has 1 aliphatic carbocycles. The van der Waals surface area contributed by atoms with Crippen LogP contribution in [0.5, 0.6) is 0 Å². The van der Waals surface area contributed by atoms with Crippen LogP contribution >= 0.6 is 0 Å². The number of hydrogen-bond acceptors (Lipinski definition) is 4. The molecule has 1 aliphatic rings. The van der Waals surface area contributed by atoms with Crippen molar-refractivity contribution >= 4 is 0 Å². The highest BCUT2D eigenvalue weighted by Gasteiger charge is 2.43. The Hall–Kier alpha value is -0.160. The van der Waals surface area contributed by atoms with Gasteiger partial charge in [0.25, 0.3) is 0 Å². The maximum absolute atomic E-state index is 5.55. The van der Waals surface area contributed by atoms with Gasteiger partial charge in [0.2, 0.25) is 0 Å². The lowest BCUT2D eigenvalue weighted by Crippen LogP contribution is -2.66. The highest BCUT2D eigenvalue weighted by Crippen LogP contribution is 2.36. The predicted octanol–water partition coefficient (Wildman–Crippen LogP) is -1.48. The van der Waals surface area contributed by atoms with E-state index in [4.69, 9.17) is 17.3 Å². The van der Waals surface area contributed by atoms with Gasteiger partial charge < -0.3 is 11.5 Å². The molecular formula is C6H16N4. The van der Waals surface area contributed by atoms with Gasteiger partial charge in [0, 0.05) is 12.1 Å². The molecule has 2 unspecified atom stereocenters. The van der Waals surface area contributed by atoms with Crippen molar-refractivity contribution in [1.82, 2.24) is 5.43 Å². The molecule has 0 spiro atoms. The Bertz CT molecular complexity index is 103. The molecule has 1 saturated carbocycles. The Kier molecular flexibility index (Phi) is 2.25. The Morgan fingerprint density at radius 1 is 1.50 bits per heavy atom. The summed E-state index contributed by atoms with van der Waals surface area (Å²) in [4.78, 5) is 0. The third kappa shape index (κ3) is 0.932. The molecule has 0 saturated heterocycles. The average molecular weight is 144 g/mol. The zero-order chi connectivity index (χ0) is 7.61. The minimum Gasteiger partial charge on any atom is -0.330 e. The zero-order valence-corrected chi connectivity index (χ0v) is 6.14. The highest BCUT2D eigenvalue weighted by atomic mass is 15.3. The SMILES string of the molecule is NCC1CCC1(CN)NN. The molecular weight excluding hydrogens is 128 g/mol. The van der Waals surface area contributed by atoms with Crippen LogP contribution in [0.25, 0.3) is 0 Å². The Morgan fingerprint density at radius 3 is 2.30 bits per heavy atom. The number of hydrazine groups is 1. The van der Waals surface area contributed by atoms with Gasteiger partial charge in [-0.05, 0) is 25.3 Å². The van der Waals surface area contributed by atoms with Gasteiger partial charge in [0.1, 0.15) is 0 Å². The quantitative estimate of drug-likeness (QED) is 0.287. The molecule has 1 rings (SSSR count). The third-order valence-electron chi connectivity index (χ3n) is 2.66. The Morgan fingerprint density at radius 2 is 2.20 bits per heavy atom. The maximum Gasteiger partial charge on any atom is 0.0483 e. The minimum atomic E-state index is -0.0469. The molecule has 2 atom stereocenters. The van der Waals surface area contributed by atoms with Gasteiger partial charge in [-0.25, -0.2) is 0 Å². The second-order valence-corrected chi connectivity index (χ2v) is 2.98. The van der Waals surface area contributed by atoms with Crippen LogP contribution in [0.4, 0.5) is 0 Å². The van der Waals surface area contributed by atoms with Gasteiger partial charge in [0.15, 0.2) is 0 Å². The van der Waals surface area contributed by atoms with Crippen LogP contribution in [0.1, 0.15) is 12.8 Å². The lowest BCUT2D eigenvalue weighted by molar-refractivity contribution is 0.0973. The zero-order valence-electron chi connectivity index (χ0n) is 6.14. The van der Waals surface area contributed by atoms with E-state index in [9.17, 15) is 0 Å². The second-order valence-electron chi connectivity index (χ2n) is 2.98. The topological polar surface area (TPSA) is 90.1 Å². The van der Waals surface area contributed by atoms with Gasteiger partial charge in [-0.15, -0.1) is 0 Å². The molecule has 60 valence electrons. The first kappa shape index (κ1) is 7.94. The number of rotatable bonds is 3. The first-order valence-corrected chi connectivity index (χ1v) is 3.67. The van der Waals surface area contributed by atoms with Crippen LogP contribution in [0, 0.1) is 5.92 Å². The van der Waals surface area contributed by atoms with Crippen molar-refractivity contribution in [3.63, 3.8) is 0 Å². The molecule has 7 N–H and O–H groups in total. The normalized spacial score (nSPS) is 39.3. The van der Waals surface area contributed by atoms with E-state index >= 15 is 0 Å². The second kappa shape index (κ2) is 2.84. The van der Waals surface area contributed by atoms with Crippen molar-refractivity contribution in [1.29, 1.82) is 0 Å². The summed E-state index contributed by atoms with van der Waals surface area (Å²) in [5, 5.41) is 0. The van der Waals surface area contributed by atoms with Crippen LogP contribution < -0.4 is 22.7 Å². The summed E-state index contributed by atoms with van der Waals surface area (Å²) in [6, 6.07) is 0. The number of hydrogen-bond donors (Lipinski definition) is 4. The van der Waals surface area contributed by atoms with Gasteiger partial charge in [-0.3, -0.25) is 11.3 Å². The van der Waals surface area contributed by atoms with Crippen molar-refractivity contribution in [3.05, 3.63) is 0 Å². The first-order valence-electron chi connectivity index (χ1n) is 3.67.